The molecule has 23 heavy (non-hydrogen) atoms. The molecule has 0 fully saturated rings. The molecule has 1 aromatic rings. The van der Waals surface area contributed by atoms with Crippen molar-refractivity contribution in [1.82, 2.24) is 0 Å². The Bertz CT molecular complexity index is 427. The minimum atomic E-state index is -1.02. The van der Waals surface area contributed by atoms with Gasteiger partial charge in [0.05, 0.1) is 0 Å². The molecule has 130 valence electrons. The third kappa shape index (κ3) is 10.5. The lowest BCUT2D eigenvalue weighted by Crippen LogP contribution is -2.24. The van der Waals surface area contributed by atoms with E-state index in [-0.39, 0.29) is 0 Å². The van der Waals surface area contributed by atoms with E-state index < -0.39 is 8.07 Å². The first-order valence-corrected chi connectivity index (χ1v) is 13.3. The first kappa shape index (κ1) is 20.2. The third-order valence-corrected chi connectivity index (χ3v) is 6.24. The first-order valence-electron chi connectivity index (χ1n) is 9.64. The molecule has 0 amide bonds. The molecular weight excluding hydrogens is 292 g/mol. The average Bonchev–Trinajstić information content (AvgIpc) is 2.49. The molecule has 1 aromatic carbocycles. The fourth-order valence-electron chi connectivity index (χ4n) is 3.38. The summed E-state index contributed by atoms with van der Waals surface area (Å²) in [7, 11) is -1.02. The molecular formula is C22H38Si. The highest BCUT2D eigenvalue weighted by molar-refractivity contribution is 6.76. The van der Waals surface area contributed by atoms with Crippen LogP contribution in [0.4, 0.5) is 0 Å². The van der Waals surface area contributed by atoms with E-state index >= 15 is 0 Å². The highest BCUT2D eigenvalue weighted by Crippen LogP contribution is 2.27. The van der Waals surface area contributed by atoms with Crippen LogP contribution in [0.25, 0.3) is 6.08 Å². The van der Waals surface area contributed by atoms with Crippen molar-refractivity contribution in [1.29, 1.82) is 0 Å². The van der Waals surface area contributed by atoms with E-state index in [0.29, 0.717) is 0 Å². The van der Waals surface area contributed by atoms with E-state index in [2.05, 4.69) is 76.0 Å². The van der Waals surface area contributed by atoms with Crippen LogP contribution in [-0.4, -0.2) is 8.07 Å². The first-order chi connectivity index (χ1) is 10.9. The summed E-state index contributed by atoms with van der Waals surface area (Å²) in [4.78, 5) is 0. The van der Waals surface area contributed by atoms with Gasteiger partial charge < -0.3 is 0 Å². The maximum absolute atomic E-state index is 2.50. The van der Waals surface area contributed by atoms with Gasteiger partial charge in [-0.1, -0.05) is 114 Å². The third-order valence-electron chi connectivity index (χ3n) is 4.49. The maximum atomic E-state index is 2.50. The van der Waals surface area contributed by atoms with E-state index in [0.717, 1.165) is 11.8 Å². The summed E-state index contributed by atoms with van der Waals surface area (Å²) >= 11 is 0. The van der Waals surface area contributed by atoms with Crippen LogP contribution in [0.3, 0.4) is 0 Å². The van der Waals surface area contributed by atoms with E-state index in [1.165, 1.54) is 50.1 Å². The lowest BCUT2D eigenvalue weighted by molar-refractivity contribution is 0.417. The number of benzene rings is 1. The Morgan fingerprint density at radius 1 is 1.00 bits per heavy atom. The topological polar surface area (TPSA) is 0 Å². The molecule has 0 heterocycles. The van der Waals surface area contributed by atoms with Crippen molar-refractivity contribution < 1.29 is 0 Å². The van der Waals surface area contributed by atoms with Gasteiger partial charge in [-0.3, -0.25) is 0 Å². The normalized spacial score (nSPS) is 15.0. The molecule has 0 aliphatic rings. The number of allylic oxidation sites excluding steroid dienone is 1. The quantitative estimate of drug-likeness (QED) is 0.289. The van der Waals surface area contributed by atoms with E-state index in [4.69, 9.17) is 0 Å². The molecule has 0 bridgehead atoms. The van der Waals surface area contributed by atoms with Gasteiger partial charge in [-0.25, -0.2) is 0 Å². The van der Waals surface area contributed by atoms with Crippen molar-refractivity contribution in [3.8, 4) is 0 Å². The van der Waals surface area contributed by atoms with Crippen LogP contribution >= 0.6 is 0 Å². The highest BCUT2D eigenvalue weighted by atomic mass is 28.3. The molecule has 0 spiro atoms. The maximum Gasteiger partial charge on any atom is 0.0448 e. The molecule has 1 heteroatoms. The molecule has 0 saturated heterocycles. The average molecular weight is 331 g/mol. The smallest absolute Gasteiger partial charge is 0.0448 e. The summed E-state index contributed by atoms with van der Waals surface area (Å²) < 4.78 is 0. The summed E-state index contributed by atoms with van der Waals surface area (Å²) in [5.74, 6) is 1.61. The van der Waals surface area contributed by atoms with E-state index in [1.807, 2.05) is 0 Å². The Balaban J connectivity index is 2.56. The van der Waals surface area contributed by atoms with Crippen molar-refractivity contribution in [2.24, 2.45) is 11.8 Å². The SMILES string of the molecule is CCCCCCC(C)CC(/C=C/c1ccccc1)C[Si](C)(C)C. The summed E-state index contributed by atoms with van der Waals surface area (Å²) in [6.07, 6.45) is 13.2. The number of hydrogen-bond acceptors (Lipinski definition) is 0. The highest BCUT2D eigenvalue weighted by Gasteiger charge is 2.20. The Labute approximate surface area is 146 Å². The molecule has 0 nitrogen and oxygen atoms in total. The zero-order valence-corrected chi connectivity index (χ0v) is 17.1. The number of rotatable bonds is 11. The second-order valence-corrected chi connectivity index (χ2v) is 14.0. The minimum Gasteiger partial charge on any atom is -0.0811 e. The molecule has 0 saturated carbocycles. The van der Waals surface area contributed by atoms with Crippen LogP contribution in [0, 0.1) is 11.8 Å². The monoisotopic (exact) mass is 330 g/mol. The van der Waals surface area contributed by atoms with Crippen LogP contribution in [0.1, 0.15) is 57.9 Å². The second-order valence-electron chi connectivity index (χ2n) is 8.48. The largest absolute Gasteiger partial charge is 0.0811 e. The molecule has 2 unspecified atom stereocenters. The van der Waals surface area contributed by atoms with Gasteiger partial charge in [0.15, 0.2) is 0 Å². The van der Waals surface area contributed by atoms with Crippen molar-refractivity contribution in [2.75, 3.05) is 0 Å². The Hall–Kier alpha value is -0.823. The lowest BCUT2D eigenvalue weighted by Gasteiger charge is -2.25. The van der Waals surface area contributed by atoms with Crippen LogP contribution < -0.4 is 0 Å². The fourth-order valence-corrected chi connectivity index (χ4v) is 5.26. The van der Waals surface area contributed by atoms with Crippen LogP contribution in [0.2, 0.25) is 25.7 Å². The Morgan fingerprint density at radius 2 is 1.70 bits per heavy atom. The zero-order chi connectivity index (χ0) is 17.1. The van der Waals surface area contributed by atoms with Gasteiger partial charge >= 0.3 is 0 Å². The predicted molar refractivity (Wildman–Crippen MR) is 110 cm³/mol. The van der Waals surface area contributed by atoms with Crippen molar-refractivity contribution in [3.63, 3.8) is 0 Å². The van der Waals surface area contributed by atoms with Gasteiger partial charge in [-0.05, 0) is 23.8 Å². The fraction of sp³-hybridized carbons (Fsp3) is 0.636. The molecule has 1 rings (SSSR count). The minimum absolute atomic E-state index is 0.753. The zero-order valence-electron chi connectivity index (χ0n) is 16.1. The summed E-state index contributed by atoms with van der Waals surface area (Å²) in [5.41, 5.74) is 1.34. The molecule has 0 aliphatic heterocycles. The molecule has 0 radical (unpaired) electrons. The summed E-state index contributed by atoms with van der Waals surface area (Å²) in [5, 5.41) is 0. The van der Waals surface area contributed by atoms with Gasteiger partial charge in [0.2, 0.25) is 0 Å². The van der Waals surface area contributed by atoms with Gasteiger partial charge in [0.25, 0.3) is 0 Å². The van der Waals surface area contributed by atoms with Crippen molar-refractivity contribution in [3.05, 3.63) is 42.0 Å². The van der Waals surface area contributed by atoms with Crippen LogP contribution in [0.15, 0.2) is 36.4 Å². The summed E-state index contributed by atoms with van der Waals surface area (Å²) in [6.45, 7) is 12.3. The van der Waals surface area contributed by atoms with Gasteiger partial charge in [0.1, 0.15) is 0 Å². The van der Waals surface area contributed by atoms with Gasteiger partial charge in [-0.15, -0.1) is 0 Å². The standard InChI is InChI=1S/C22H38Si/c1-6-7-8-10-13-20(2)18-22(19-23(3,4)5)17-16-21-14-11-9-12-15-21/h9,11-12,14-17,20,22H,6-8,10,13,18-19H2,1-5H3/b17-16+. The van der Waals surface area contributed by atoms with Gasteiger partial charge in [-0.2, -0.15) is 0 Å². The Morgan fingerprint density at radius 3 is 2.30 bits per heavy atom. The molecule has 0 N–H and O–H groups in total. The van der Waals surface area contributed by atoms with Crippen molar-refractivity contribution >= 4 is 14.1 Å². The number of unbranched alkanes of at least 4 members (excludes halogenated alkanes) is 3. The summed E-state index contributed by atoms with van der Waals surface area (Å²) in [6, 6.07) is 12.2. The predicted octanol–water partition coefficient (Wildman–Crippen LogP) is 7.65. The molecule has 2 atom stereocenters. The van der Waals surface area contributed by atoms with E-state index in [9.17, 15) is 0 Å². The Kier molecular flexibility index (Phi) is 9.55. The number of hydrogen-bond donors (Lipinski definition) is 0. The van der Waals surface area contributed by atoms with Gasteiger partial charge in [0, 0.05) is 8.07 Å². The van der Waals surface area contributed by atoms with Crippen LogP contribution in [-0.2, 0) is 0 Å². The van der Waals surface area contributed by atoms with Crippen LogP contribution in [0.5, 0.6) is 0 Å². The second kappa shape index (κ2) is 10.9. The lowest BCUT2D eigenvalue weighted by atomic mass is 9.92. The molecule has 0 aromatic heterocycles. The molecule has 0 aliphatic carbocycles. The van der Waals surface area contributed by atoms with Crippen molar-refractivity contribution in [2.45, 2.75) is 78.1 Å². The van der Waals surface area contributed by atoms with E-state index in [1.54, 1.807) is 0 Å².